The lowest BCUT2D eigenvalue weighted by atomic mass is 9.55. The Morgan fingerprint density at radius 3 is 2.82 bits per heavy atom. The number of hydrogen-bond acceptors (Lipinski definition) is 2. The summed E-state index contributed by atoms with van der Waals surface area (Å²) in [6.45, 7) is 6.82. The number of rotatable bonds is 0. The molecule has 3 aliphatic rings. The summed E-state index contributed by atoms with van der Waals surface area (Å²) in [5.74, 6) is 0.250. The molecule has 0 spiro atoms. The van der Waals surface area contributed by atoms with E-state index in [0.717, 1.165) is 0 Å². The Balaban J connectivity index is 2.01. The van der Waals surface area contributed by atoms with Gasteiger partial charge in [-0.15, -0.1) is 0 Å². The topological polar surface area (TPSA) is 29.5 Å². The Morgan fingerprint density at radius 1 is 1.29 bits per heavy atom. The molecule has 0 aromatic carbocycles. The lowest BCUT2D eigenvalue weighted by molar-refractivity contribution is -0.103. The zero-order chi connectivity index (χ0) is 12.3. The first-order valence-corrected chi connectivity index (χ1v) is 7.01. The normalized spacial score (nSPS) is 53.9. The van der Waals surface area contributed by atoms with E-state index in [4.69, 9.17) is 4.74 Å². The molecule has 0 amide bonds. The highest BCUT2D eigenvalue weighted by molar-refractivity contribution is 5.28. The molecule has 1 N–H and O–H groups in total. The molecule has 1 saturated heterocycles. The van der Waals surface area contributed by atoms with Gasteiger partial charge in [-0.25, -0.2) is 0 Å². The first kappa shape index (κ1) is 11.7. The SMILES string of the molecule is C[C@H]1C(O)O[C@H]2C3=CCCC[C@]3(C)CC[C@]21C. The van der Waals surface area contributed by atoms with E-state index in [1.165, 1.54) is 37.7 Å². The largest absolute Gasteiger partial charge is 0.368 e. The van der Waals surface area contributed by atoms with Gasteiger partial charge in [0.2, 0.25) is 0 Å². The summed E-state index contributed by atoms with van der Waals surface area (Å²) in [5.41, 5.74) is 1.97. The number of allylic oxidation sites excluding steroid dienone is 1. The summed E-state index contributed by atoms with van der Waals surface area (Å²) in [5, 5.41) is 10.0. The Morgan fingerprint density at radius 2 is 2.06 bits per heavy atom. The van der Waals surface area contributed by atoms with Crippen molar-refractivity contribution in [2.24, 2.45) is 16.7 Å². The van der Waals surface area contributed by atoms with E-state index < -0.39 is 6.29 Å². The first-order chi connectivity index (χ1) is 7.97. The molecule has 0 radical (unpaired) electrons. The zero-order valence-corrected chi connectivity index (χ0v) is 11.2. The fraction of sp³-hybridized carbons (Fsp3) is 0.867. The Kier molecular flexibility index (Phi) is 2.47. The zero-order valence-electron chi connectivity index (χ0n) is 11.2. The molecule has 2 aliphatic carbocycles. The third-order valence-electron chi connectivity index (χ3n) is 5.83. The average molecular weight is 236 g/mol. The Hall–Kier alpha value is -0.340. The molecule has 17 heavy (non-hydrogen) atoms. The molecule has 0 aromatic heterocycles. The van der Waals surface area contributed by atoms with Gasteiger partial charge in [-0.3, -0.25) is 0 Å². The van der Waals surface area contributed by atoms with Crippen LogP contribution in [-0.4, -0.2) is 17.5 Å². The number of hydrogen-bond donors (Lipinski definition) is 1. The minimum Gasteiger partial charge on any atom is -0.368 e. The summed E-state index contributed by atoms with van der Waals surface area (Å²) in [7, 11) is 0. The molecule has 1 unspecified atom stereocenters. The molecule has 1 saturated carbocycles. The van der Waals surface area contributed by atoms with E-state index in [2.05, 4.69) is 26.8 Å². The Bertz CT molecular complexity index is 362. The van der Waals surface area contributed by atoms with E-state index in [0.29, 0.717) is 5.41 Å². The molecule has 3 rings (SSSR count). The van der Waals surface area contributed by atoms with Gasteiger partial charge in [0.05, 0.1) is 6.10 Å². The average Bonchev–Trinajstić information content (AvgIpc) is 2.53. The third-order valence-corrected chi connectivity index (χ3v) is 5.83. The number of aliphatic hydroxyl groups excluding tert-OH is 1. The molecule has 2 nitrogen and oxygen atoms in total. The maximum Gasteiger partial charge on any atom is 0.158 e. The third kappa shape index (κ3) is 1.47. The molecule has 1 aliphatic heterocycles. The molecule has 1 heterocycles. The lowest BCUT2D eigenvalue weighted by Crippen LogP contribution is -2.45. The maximum absolute atomic E-state index is 10.0. The van der Waals surface area contributed by atoms with E-state index in [1.807, 2.05) is 0 Å². The fourth-order valence-corrected chi connectivity index (χ4v) is 4.14. The van der Waals surface area contributed by atoms with Gasteiger partial charge in [-0.05, 0) is 43.1 Å². The molecule has 2 heteroatoms. The van der Waals surface area contributed by atoms with Gasteiger partial charge in [-0.1, -0.05) is 26.8 Å². The predicted octanol–water partition coefficient (Wildman–Crippen LogP) is 3.26. The van der Waals surface area contributed by atoms with Crippen LogP contribution < -0.4 is 0 Å². The highest BCUT2D eigenvalue weighted by Crippen LogP contribution is 2.60. The number of aliphatic hydroxyl groups is 1. The van der Waals surface area contributed by atoms with Crippen molar-refractivity contribution < 1.29 is 9.84 Å². The second-order valence-electron chi connectivity index (χ2n) is 6.81. The summed E-state index contributed by atoms with van der Waals surface area (Å²) in [4.78, 5) is 0. The van der Waals surface area contributed by atoms with Gasteiger partial charge < -0.3 is 9.84 Å². The number of fused-ring (bicyclic) bond motifs is 3. The van der Waals surface area contributed by atoms with E-state index in [1.54, 1.807) is 0 Å². The van der Waals surface area contributed by atoms with Crippen LogP contribution in [0.25, 0.3) is 0 Å². The van der Waals surface area contributed by atoms with Gasteiger partial charge >= 0.3 is 0 Å². The van der Waals surface area contributed by atoms with Crippen LogP contribution in [-0.2, 0) is 4.74 Å². The summed E-state index contributed by atoms with van der Waals surface area (Å²) in [6, 6.07) is 0. The predicted molar refractivity (Wildman–Crippen MR) is 67.4 cm³/mol. The van der Waals surface area contributed by atoms with Crippen molar-refractivity contribution in [2.45, 2.75) is 65.3 Å². The highest BCUT2D eigenvalue weighted by Gasteiger charge is 2.57. The van der Waals surface area contributed by atoms with Crippen LogP contribution in [0.2, 0.25) is 0 Å². The fourth-order valence-electron chi connectivity index (χ4n) is 4.14. The van der Waals surface area contributed by atoms with Gasteiger partial charge in [-0.2, -0.15) is 0 Å². The molecule has 0 aromatic rings. The molecular formula is C15H24O2. The second-order valence-corrected chi connectivity index (χ2v) is 6.81. The van der Waals surface area contributed by atoms with E-state index in [-0.39, 0.29) is 17.4 Å². The standard InChI is InChI=1S/C15H24O2/c1-10-13(16)17-12-11-6-4-5-7-14(11,2)8-9-15(10,12)3/h6,10,12-13,16H,4-5,7-9H2,1-3H3/t10-,12-,13?,14+,15-/m0/s1. The van der Waals surface area contributed by atoms with Crippen LogP contribution in [0, 0.1) is 16.7 Å². The Labute approximate surface area is 104 Å². The first-order valence-electron chi connectivity index (χ1n) is 7.01. The van der Waals surface area contributed by atoms with Crippen LogP contribution in [0.5, 0.6) is 0 Å². The minimum atomic E-state index is -0.574. The van der Waals surface area contributed by atoms with Crippen LogP contribution in [0.3, 0.4) is 0 Å². The lowest BCUT2D eigenvalue weighted by Gasteiger charge is -2.49. The van der Waals surface area contributed by atoms with Crippen LogP contribution in [0.1, 0.15) is 52.9 Å². The van der Waals surface area contributed by atoms with Gasteiger partial charge in [0, 0.05) is 11.3 Å². The monoisotopic (exact) mass is 236 g/mol. The van der Waals surface area contributed by atoms with Crippen molar-refractivity contribution in [1.29, 1.82) is 0 Å². The molecular weight excluding hydrogens is 212 g/mol. The minimum absolute atomic E-state index is 0.141. The second kappa shape index (κ2) is 3.58. The van der Waals surface area contributed by atoms with Gasteiger partial charge in [0.15, 0.2) is 6.29 Å². The summed E-state index contributed by atoms with van der Waals surface area (Å²) < 4.78 is 5.90. The molecule has 5 atom stereocenters. The quantitative estimate of drug-likeness (QED) is 0.654. The van der Waals surface area contributed by atoms with E-state index >= 15 is 0 Å². The van der Waals surface area contributed by atoms with Gasteiger partial charge in [0.1, 0.15) is 0 Å². The van der Waals surface area contributed by atoms with Crippen molar-refractivity contribution >= 4 is 0 Å². The van der Waals surface area contributed by atoms with Crippen molar-refractivity contribution in [1.82, 2.24) is 0 Å². The van der Waals surface area contributed by atoms with Crippen LogP contribution >= 0.6 is 0 Å². The molecule has 2 fully saturated rings. The van der Waals surface area contributed by atoms with Crippen LogP contribution in [0.15, 0.2) is 11.6 Å². The maximum atomic E-state index is 10.0. The summed E-state index contributed by atoms with van der Waals surface area (Å²) in [6.07, 6.45) is 8.21. The number of ether oxygens (including phenoxy) is 1. The van der Waals surface area contributed by atoms with Crippen molar-refractivity contribution in [3.8, 4) is 0 Å². The highest BCUT2D eigenvalue weighted by atomic mass is 16.6. The van der Waals surface area contributed by atoms with Gasteiger partial charge in [0.25, 0.3) is 0 Å². The van der Waals surface area contributed by atoms with Crippen molar-refractivity contribution in [3.05, 3.63) is 11.6 Å². The summed E-state index contributed by atoms with van der Waals surface area (Å²) >= 11 is 0. The smallest absolute Gasteiger partial charge is 0.158 e. The van der Waals surface area contributed by atoms with E-state index in [9.17, 15) is 5.11 Å². The van der Waals surface area contributed by atoms with Crippen molar-refractivity contribution in [3.63, 3.8) is 0 Å². The van der Waals surface area contributed by atoms with Crippen LogP contribution in [0.4, 0.5) is 0 Å². The molecule has 96 valence electrons. The molecule has 0 bridgehead atoms. The van der Waals surface area contributed by atoms with Crippen molar-refractivity contribution in [2.75, 3.05) is 0 Å².